The first-order valence-corrected chi connectivity index (χ1v) is 7.37. The molecule has 2 atom stereocenters. The van der Waals surface area contributed by atoms with Gasteiger partial charge in [-0.3, -0.25) is 9.59 Å². The molecule has 0 aliphatic heterocycles. The van der Waals surface area contributed by atoms with Crippen molar-refractivity contribution < 1.29 is 33.0 Å². The number of aliphatic carboxylic acids is 1. The van der Waals surface area contributed by atoms with Crippen LogP contribution in [0.3, 0.4) is 0 Å². The van der Waals surface area contributed by atoms with E-state index < -0.39 is 47.9 Å². The Labute approximate surface area is 137 Å². The molecule has 0 saturated heterocycles. The van der Waals surface area contributed by atoms with Gasteiger partial charge in [0, 0.05) is 6.07 Å². The van der Waals surface area contributed by atoms with Crippen LogP contribution in [0.15, 0.2) is 18.2 Å². The summed E-state index contributed by atoms with van der Waals surface area (Å²) in [5.74, 6) is -5.03. The van der Waals surface area contributed by atoms with E-state index in [2.05, 4.69) is 5.32 Å². The van der Waals surface area contributed by atoms with Crippen LogP contribution >= 0.6 is 0 Å². The Bertz CT molecular complexity index is 620. The number of amides is 1. The summed E-state index contributed by atoms with van der Waals surface area (Å²) in [6.07, 6.45) is -0.602. The Balaban J connectivity index is 2.69. The summed E-state index contributed by atoms with van der Waals surface area (Å²) in [5, 5.41) is 11.4. The first kappa shape index (κ1) is 19.5. The van der Waals surface area contributed by atoms with E-state index in [1.165, 1.54) is 6.92 Å². The fourth-order valence-electron chi connectivity index (χ4n) is 2.04. The summed E-state index contributed by atoms with van der Waals surface area (Å²) in [6.45, 7) is 3.27. The standard InChI is InChI=1S/C16H19F2NO5/c1-3-24-16(23)9(2)6-13(15(21)22)19-14(20)7-10-4-5-11(17)8-12(10)18/h4-5,8-9,13H,3,6-7H2,1-2H3,(H,19,20)(H,21,22)/t9-,13+/m0/s1. The number of hydrogen-bond acceptors (Lipinski definition) is 4. The largest absolute Gasteiger partial charge is 0.480 e. The Kier molecular flexibility index (Phi) is 7.29. The van der Waals surface area contributed by atoms with Crippen LogP contribution in [0.4, 0.5) is 8.78 Å². The number of ether oxygens (including phenoxy) is 1. The van der Waals surface area contributed by atoms with E-state index in [0.717, 1.165) is 12.1 Å². The molecule has 0 aromatic heterocycles. The zero-order valence-electron chi connectivity index (χ0n) is 13.3. The summed E-state index contributed by atoms with van der Waals surface area (Å²) in [4.78, 5) is 34.7. The molecule has 0 aliphatic carbocycles. The average molecular weight is 343 g/mol. The number of carboxylic acids is 1. The molecule has 1 aromatic rings. The normalized spacial score (nSPS) is 13.0. The lowest BCUT2D eigenvalue weighted by atomic mass is 10.0. The Morgan fingerprint density at radius 3 is 2.50 bits per heavy atom. The van der Waals surface area contributed by atoms with Crippen molar-refractivity contribution in [2.75, 3.05) is 6.61 Å². The summed E-state index contributed by atoms with van der Waals surface area (Å²) >= 11 is 0. The number of esters is 1. The van der Waals surface area contributed by atoms with Gasteiger partial charge in [0.1, 0.15) is 17.7 Å². The number of halogens is 2. The third kappa shape index (κ3) is 5.94. The van der Waals surface area contributed by atoms with Gasteiger partial charge in [-0.1, -0.05) is 13.0 Å². The van der Waals surface area contributed by atoms with Gasteiger partial charge in [-0.05, 0) is 25.0 Å². The first-order valence-electron chi connectivity index (χ1n) is 7.37. The lowest BCUT2D eigenvalue weighted by Crippen LogP contribution is -2.43. The van der Waals surface area contributed by atoms with Crippen LogP contribution in [0.1, 0.15) is 25.8 Å². The molecule has 0 fully saturated rings. The summed E-state index contributed by atoms with van der Waals surface area (Å²) in [5.41, 5.74) is -0.0588. The number of hydrogen-bond donors (Lipinski definition) is 2. The maximum absolute atomic E-state index is 13.5. The zero-order valence-corrected chi connectivity index (χ0v) is 13.3. The number of carbonyl (C=O) groups excluding carboxylic acids is 2. The van der Waals surface area contributed by atoms with E-state index in [9.17, 15) is 23.2 Å². The number of carbonyl (C=O) groups is 3. The van der Waals surface area contributed by atoms with Crippen LogP contribution in [0.25, 0.3) is 0 Å². The topological polar surface area (TPSA) is 92.7 Å². The molecule has 0 heterocycles. The van der Waals surface area contributed by atoms with E-state index in [0.29, 0.717) is 6.07 Å². The highest BCUT2D eigenvalue weighted by atomic mass is 19.1. The van der Waals surface area contributed by atoms with Crippen molar-refractivity contribution in [3.63, 3.8) is 0 Å². The van der Waals surface area contributed by atoms with Crippen molar-refractivity contribution >= 4 is 17.8 Å². The van der Waals surface area contributed by atoms with Crippen molar-refractivity contribution in [1.29, 1.82) is 0 Å². The number of rotatable bonds is 8. The van der Waals surface area contributed by atoms with Gasteiger partial charge >= 0.3 is 11.9 Å². The van der Waals surface area contributed by atoms with Gasteiger partial charge in [0.25, 0.3) is 0 Å². The Hall–Kier alpha value is -2.51. The second-order valence-corrected chi connectivity index (χ2v) is 5.26. The molecule has 0 unspecified atom stereocenters. The minimum Gasteiger partial charge on any atom is -0.480 e. The quantitative estimate of drug-likeness (QED) is 0.701. The summed E-state index contributed by atoms with van der Waals surface area (Å²) in [6, 6.07) is 1.44. The van der Waals surface area contributed by atoms with Crippen LogP contribution in [-0.2, 0) is 25.5 Å². The number of nitrogens with one attached hydrogen (secondary N) is 1. The summed E-state index contributed by atoms with van der Waals surface area (Å²) in [7, 11) is 0. The molecular weight excluding hydrogens is 324 g/mol. The molecule has 24 heavy (non-hydrogen) atoms. The molecular formula is C16H19F2NO5. The monoisotopic (exact) mass is 343 g/mol. The van der Waals surface area contributed by atoms with Crippen LogP contribution in [0.5, 0.6) is 0 Å². The molecule has 0 radical (unpaired) electrons. The van der Waals surface area contributed by atoms with Gasteiger partial charge in [0.05, 0.1) is 18.9 Å². The average Bonchev–Trinajstić information content (AvgIpc) is 2.49. The molecule has 0 aliphatic rings. The maximum atomic E-state index is 13.5. The van der Waals surface area contributed by atoms with Crippen molar-refractivity contribution in [1.82, 2.24) is 5.32 Å². The third-order valence-corrected chi connectivity index (χ3v) is 3.28. The van der Waals surface area contributed by atoms with E-state index in [1.54, 1.807) is 6.92 Å². The highest BCUT2D eigenvalue weighted by Crippen LogP contribution is 2.12. The minimum absolute atomic E-state index is 0.0588. The summed E-state index contributed by atoms with van der Waals surface area (Å²) < 4.78 is 31.1. The first-order chi connectivity index (χ1) is 11.2. The molecule has 8 heteroatoms. The van der Waals surface area contributed by atoms with Crippen molar-refractivity contribution in [3.05, 3.63) is 35.4 Å². The second kappa shape index (κ2) is 8.95. The van der Waals surface area contributed by atoms with E-state index in [1.807, 2.05) is 0 Å². The highest BCUT2D eigenvalue weighted by Gasteiger charge is 2.26. The SMILES string of the molecule is CCOC(=O)[C@@H](C)C[C@@H](NC(=O)Cc1ccc(F)cc1F)C(=O)O. The maximum Gasteiger partial charge on any atom is 0.326 e. The molecule has 6 nitrogen and oxygen atoms in total. The number of carboxylic acid groups (broad SMARTS) is 1. The second-order valence-electron chi connectivity index (χ2n) is 5.26. The predicted molar refractivity (Wildman–Crippen MR) is 80.0 cm³/mol. The predicted octanol–water partition coefficient (Wildman–Crippen LogP) is 1.67. The van der Waals surface area contributed by atoms with Gasteiger partial charge < -0.3 is 15.2 Å². The van der Waals surface area contributed by atoms with Crippen LogP contribution < -0.4 is 5.32 Å². The molecule has 0 saturated carbocycles. The van der Waals surface area contributed by atoms with Crippen molar-refractivity contribution in [2.45, 2.75) is 32.7 Å². The highest BCUT2D eigenvalue weighted by molar-refractivity contribution is 5.85. The van der Waals surface area contributed by atoms with Crippen LogP contribution in [0, 0.1) is 17.6 Å². The zero-order chi connectivity index (χ0) is 18.3. The number of benzene rings is 1. The van der Waals surface area contributed by atoms with E-state index >= 15 is 0 Å². The van der Waals surface area contributed by atoms with Gasteiger partial charge in [0.2, 0.25) is 5.91 Å². The Morgan fingerprint density at radius 2 is 1.96 bits per heavy atom. The molecule has 132 valence electrons. The fourth-order valence-corrected chi connectivity index (χ4v) is 2.04. The van der Waals surface area contributed by atoms with Crippen LogP contribution in [-0.4, -0.2) is 35.6 Å². The van der Waals surface area contributed by atoms with E-state index in [4.69, 9.17) is 9.84 Å². The molecule has 2 N–H and O–H groups in total. The van der Waals surface area contributed by atoms with Gasteiger partial charge in [0.15, 0.2) is 0 Å². The third-order valence-electron chi connectivity index (χ3n) is 3.28. The minimum atomic E-state index is -1.32. The molecule has 0 bridgehead atoms. The molecule has 1 amide bonds. The van der Waals surface area contributed by atoms with Crippen LogP contribution in [0.2, 0.25) is 0 Å². The van der Waals surface area contributed by atoms with E-state index in [-0.39, 0.29) is 18.6 Å². The molecule has 0 spiro atoms. The molecule has 1 rings (SSSR count). The molecule has 1 aromatic carbocycles. The van der Waals surface area contributed by atoms with Crippen molar-refractivity contribution in [2.24, 2.45) is 5.92 Å². The fraction of sp³-hybridized carbons (Fsp3) is 0.438. The lowest BCUT2D eigenvalue weighted by Gasteiger charge is -2.18. The lowest BCUT2D eigenvalue weighted by molar-refractivity contribution is -0.149. The van der Waals surface area contributed by atoms with Crippen molar-refractivity contribution in [3.8, 4) is 0 Å². The van der Waals surface area contributed by atoms with Gasteiger partial charge in [-0.2, -0.15) is 0 Å². The van der Waals surface area contributed by atoms with Gasteiger partial charge in [-0.15, -0.1) is 0 Å². The smallest absolute Gasteiger partial charge is 0.326 e. The van der Waals surface area contributed by atoms with Gasteiger partial charge in [-0.25, -0.2) is 13.6 Å². The Morgan fingerprint density at radius 1 is 1.29 bits per heavy atom.